The second-order valence-corrected chi connectivity index (χ2v) is 4.70. The molecule has 0 heterocycles. The van der Waals surface area contributed by atoms with Gasteiger partial charge in [-0.2, -0.15) is 0 Å². The predicted octanol–water partition coefficient (Wildman–Crippen LogP) is 3.45. The average Bonchev–Trinajstić information content (AvgIpc) is 2.08. The van der Waals surface area contributed by atoms with Gasteiger partial charge in [-0.1, -0.05) is 34.1 Å². The van der Waals surface area contributed by atoms with Crippen LogP contribution in [0.4, 0.5) is 0 Å². The van der Waals surface area contributed by atoms with Gasteiger partial charge in [-0.15, -0.1) is 11.8 Å². The zero-order valence-corrected chi connectivity index (χ0v) is 9.95. The number of thioether (sulfide) groups is 1. The quantitative estimate of drug-likeness (QED) is 0.785. The molecule has 1 rings (SSSR count). The third kappa shape index (κ3) is 4.16. The molecule has 0 bridgehead atoms. The standard InChI is InChI=1S/C9H8BrClOS/c10-8-4-2-1-3-7(8)5-13-6-9(11)12/h1-4H,5-6H2. The van der Waals surface area contributed by atoms with Crippen LogP contribution in [0.2, 0.25) is 0 Å². The van der Waals surface area contributed by atoms with Crippen molar-refractivity contribution >= 4 is 44.5 Å². The molecule has 0 amide bonds. The number of carbonyl (C=O) groups is 1. The molecule has 0 aliphatic rings. The van der Waals surface area contributed by atoms with Gasteiger partial charge in [0.15, 0.2) is 0 Å². The van der Waals surface area contributed by atoms with Gasteiger partial charge in [-0.25, -0.2) is 0 Å². The molecule has 13 heavy (non-hydrogen) atoms. The van der Waals surface area contributed by atoms with Gasteiger partial charge in [0.1, 0.15) is 0 Å². The van der Waals surface area contributed by atoms with Gasteiger partial charge in [-0.3, -0.25) is 4.79 Å². The number of hydrogen-bond donors (Lipinski definition) is 0. The van der Waals surface area contributed by atoms with Crippen molar-refractivity contribution in [2.24, 2.45) is 0 Å². The van der Waals surface area contributed by atoms with E-state index in [-0.39, 0.29) is 5.24 Å². The summed E-state index contributed by atoms with van der Waals surface area (Å²) < 4.78 is 1.07. The first-order valence-corrected chi connectivity index (χ1v) is 6.02. The largest absolute Gasteiger partial charge is 0.280 e. The number of benzene rings is 1. The Labute approximate surface area is 95.0 Å². The van der Waals surface area contributed by atoms with Crippen LogP contribution < -0.4 is 0 Å². The summed E-state index contributed by atoms with van der Waals surface area (Å²) in [6.45, 7) is 0. The number of hydrogen-bond acceptors (Lipinski definition) is 2. The topological polar surface area (TPSA) is 17.1 Å². The highest BCUT2D eigenvalue weighted by Gasteiger charge is 2.00. The second kappa shape index (κ2) is 5.68. The van der Waals surface area contributed by atoms with Crippen molar-refractivity contribution in [3.63, 3.8) is 0 Å². The minimum Gasteiger partial charge on any atom is -0.280 e. The fraction of sp³-hybridized carbons (Fsp3) is 0.222. The van der Waals surface area contributed by atoms with Crippen molar-refractivity contribution in [3.05, 3.63) is 34.3 Å². The molecule has 1 aromatic rings. The molecule has 1 aromatic carbocycles. The smallest absolute Gasteiger partial charge is 0.231 e. The van der Waals surface area contributed by atoms with Crippen LogP contribution in [0.5, 0.6) is 0 Å². The molecular formula is C9H8BrClOS. The number of carbonyl (C=O) groups excluding carboxylic acids is 1. The average molecular weight is 280 g/mol. The van der Waals surface area contributed by atoms with E-state index in [1.165, 1.54) is 17.3 Å². The maximum absolute atomic E-state index is 10.5. The van der Waals surface area contributed by atoms with Crippen molar-refractivity contribution in [2.45, 2.75) is 5.75 Å². The van der Waals surface area contributed by atoms with Crippen LogP contribution in [0, 0.1) is 0 Å². The van der Waals surface area contributed by atoms with Gasteiger partial charge in [0.2, 0.25) is 5.24 Å². The van der Waals surface area contributed by atoms with E-state index in [4.69, 9.17) is 11.6 Å². The summed E-state index contributed by atoms with van der Waals surface area (Å²) in [6, 6.07) is 7.95. The SMILES string of the molecule is O=C(Cl)CSCc1ccccc1Br. The summed E-state index contributed by atoms with van der Waals surface area (Å²) in [5.74, 6) is 1.17. The van der Waals surface area contributed by atoms with Crippen molar-refractivity contribution in [1.29, 1.82) is 0 Å². The second-order valence-electron chi connectivity index (χ2n) is 2.44. The molecule has 0 unspecified atom stereocenters. The van der Waals surface area contributed by atoms with Gasteiger partial charge >= 0.3 is 0 Å². The van der Waals surface area contributed by atoms with Gasteiger partial charge in [0.25, 0.3) is 0 Å². The van der Waals surface area contributed by atoms with Crippen molar-refractivity contribution in [1.82, 2.24) is 0 Å². The third-order valence-corrected chi connectivity index (χ3v) is 3.48. The molecule has 0 saturated heterocycles. The van der Waals surface area contributed by atoms with Crippen LogP contribution in [0.1, 0.15) is 5.56 Å². The molecule has 4 heteroatoms. The van der Waals surface area contributed by atoms with Crippen LogP contribution in [0.3, 0.4) is 0 Å². The first-order valence-electron chi connectivity index (χ1n) is 3.69. The molecular weight excluding hydrogens is 272 g/mol. The van der Waals surface area contributed by atoms with Crippen LogP contribution in [-0.2, 0) is 10.5 Å². The first kappa shape index (κ1) is 11.1. The van der Waals surface area contributed by atoms with E-state index in [1.807, 2.05) is 24.3 Å². The zero-order valence-electron chi connectivity index (χ0n) is 6.80. The molecule has 0 aliphatic carbocycles. The van der Waals surface area contributed by atoms with Crippen molar-refractivity contribution in [3.8, 4) is 0 Å². The molecule has 0 spiro atoms. The fourth-order valence-electron chi connectivity index (χ4n) is 0.857. The molecule has 0 aliphatic heterocycles. The van der Waals surface area contributed by atoms with Crippen molar-refractivity contribution in [2.75, 3.05) is 5.75 Å². The monoisotopic (exact) mass is 278 g/mol. The molecule has 1 nitrogen and oxygen atoms in total. The third-order valence-electron chi connectivity index (χ3n) is 1.43. The van der Waals surface area contributed by atoms with Crippen molar-refractivity contribution < 1.29 is 4.79 Å². The molecule has 0 aromatic heterocycles. The van der Waals surface area contributed by atoms with E-state index in [9.17, 15) is 4.79 Å². The van der Waals surface area contributed by atoms with E-state index in [0.717, 1.165) is 10.2 Å². The fourth-order valence-corrected chi connectivity index (χ4v) is 2.43. The summed E-state index contributed by atoms with van der Waals surface area (Å²) in [6.07, 6.45) is 0. The van der Waals surface area contributed by atoms with E-state index in [0.29, 0.717) is 5.75 Å². The lowest BCUT2D eigenvalue weighted by Crippen LogP contribution is -1.91. The maximum Gasteiger partial charge on any atom is 0.231 e. The van der Waals surface area contributed by atoms with Gasteiger partial charge in [-0.05, 0) is 23.2 Å². The highest BCUT2D eigenvalue weighted by atomic mass is 79.9. The molecule has 0 fully saturated rings. The van der Waals surface area contributed by atoms with E-state index >= 15 is 0 Å². The van der Waals surface area contributed by atoms with Gasteiger partial charge in [0.05, 0.1) is 5.75 Å². The van der Waals surface area contributed by atoms with E-state index in [1.54, 1.807) is 0 Å². The van der Waals surface area contributed by atoms with Crippen LogP contribution in [-0.4, -0.2) is 11.0 Å². The summed E-state index contributed by atoms with van der Waals surface area (Å²) in [7, 11) is 0. The predicted molar refractivity (Wildman–Crippen MR) is 61.2 cm³/mol. The molecule has 0 radical (unpaired) electrons. The Hall–Kier alpha value is 0.01000. The lowest BCUT2D eigenvalue weighted by atomic mass is 10.2. The summed E-state index contributed by atoms with van der Waals surface area (Å²) in [5, 5.41) is -0.294. The Morgan fingerprint density at radius 3 is 2.77 bits per heavy atom. The Morgan fingerprint density at radius 1 is 1.46 bits per heavy atom. The van der Waals surface area contributed by atoms with Crippen LogP contribution in [0.15, 0.2) is 28.7 Å². The molecule has 0 N–H and O–H groups in total. The lowest BCUT2D eigenvalue weighted by molar-refractivity contribution is -0.109. The molecule has 0 atom stereocenters. The summed E-state index contributed by atoms with van der Waals surface area (Å²) in [4.78, 5) is 10.5. The molecule has 70 valence electrons. The summed E-state index contributed by atoms with van der Waals surface area (Å²) in [5.41, 5.74) is 1.19. The van der Waals surface area contributed by atoms with Gasteiger partial charge in [0, 0.05) is 10.2 Å². The normalized spacial score (nSPS) is 10.0. The Bertz CT molecular complexity index is 303. The molecule has 0 saturated carbocycles. The zero-order chi connectivity index (χ0) is 9.68. The first-order chi connectivity index (χ1) is 6.20. The van der Waals surface area contributed by atoms with Gasteiger partial charge < -0.3 is 0 Å². The van der Waals surface area contributed by atoms with Crippen LogP contribution in [0.25, 0.3) is 0 Å². The summed E-state index contributed by atoms with van der Waals surface area (Å²) >= 11 is 10.2. The Morgan fingerprint density at radius 2 is 2.15 bits per heavy atom. The highest BCUT2D eigenvalue weighted by Crippen LogP contribution is 2.21. The number of rotatable bonds is 4. The van der Waals surface area contributed by atoms with Crippen LogP contribution >= 0.6 is 39.3 Å². The maximum atomic E-state index is 10.5. The van der Waals surface area contributed by atoms with E-state index < -0.39 is 0 Å². The Kier molecular flexibility index (Phi) is 4.84. The highest BCUT2D eigenvalue weighted by molar-refractivity contribution is 9.10. The van der Waals surface area contributed by atoms with E-state index in [2.05, 4.69) is 15.9 Å². The minimum atomic E-state index is -0.294. The number of halogens is 2. The minimum absolute atomic E-state index is 0.294. The Balaban J connectivity index is 2.45. The lowest BCUT2D eigenvalue weighted by Gasteiger charge is -2.01.